The van der Waals surface area contributed by atoms with Crippen LogP contribution >= 0.6 is 0 Å². The number of carbonyl (C=O) groups excluding carboxylic acids is 2. The van der Waals surface area contributed by atoms with Gasteiger partial charge in [0.2, 0.25) is 5.91 Å². The Balaban J connectivity index is 1.74. The van der Waals surface area contributed by atoms with Gasteiger partial charge in [-0.15, -0.1) is 0 Å². The Hall–Kier alpha value is -2.45. The number of aliphatic carboxylic acids is 1. The highest BCUT2D eigenvalue weighted by Gasteiger charge is 2.53. The summed E-state index contributed by atoms with van der Waals surface area (Å²) in [6, 6.07) is 7.52. The Kier molecular flexibility index (Phi) is 8.26. The van der Waals surface area contributed by atoms with E-state index in [1.165, 1.54) is 4.90 Å². The minimum Gasteiger partial charge on any atom is -0.480 e. The van der Waals surface area contributed by atoms with Gasteiger partial charge in [0.05, 0.1) is 24.8 Å². The molecule has 8 heteroatoms. The fourth-order valence-electron chi connectivity index (χ4n) is 4.88. The largest absolute Gasteiger partial charge is 0.480 e. The molecule has 2 N–H and O–H groups in total. The molecular weight excluding hydrogens is 412 g/mol. The second-order valence-electron chi connectivity index (χ2n) is 8.70. The molecule has 0 bridgehead atoms. The maximum absolute atomic E-state index is 13.5. The fraction of sp³-hybridized carbons (Fsp3) is 0.625. The van der Waals surface area contributed by atoms with Crippen molar-refractivity contribution >= 4 is 17.8 Å². The van der Waals surface area contributed by atoms with E-state index >= 15 is 0 Å². The maximum atomic E-state index is 13.5. The summed E-state index contributed by atoms with van der Waals surface area (Å²) >= 11 is 0. The van der Waals surface area contributed by atoms with Crippen LogP contribution in [0.15, 0.2) is 30.3 Å². The summed E-state index contributed by atoms with van der Waals surface area (Å²) in [5.41, 5.74) is 0.504. The monoisotopic (exact) mass is 446 g/mol. The van der Waals surface area contributed by atoms with Crippen LogP contribution in [0.3, 0.4) is 0 Å². The number of nitrogens with zero attached hydrogens (tertiary/aromatic N) is 1. The van der Waals surface area contributed by atoms with Crippen molar-refractivity contribution in [1.82, 2.24) is 10.2 Å². The zero-order valence-corrected chi connectivity index (χ0v) is 18.9. The first-order valence-corrected chi connectivity index (χ1v) is 11.5. The highest BCUT2D eigenvalue weighted by Crippen LogP contribution is 2.40. The average Bonchev–Trinajstić information content (AvgIpc) is 3.15. The summed E-state index contributed by atoms with van der Waals surface area (Å²) in [7, 11) is 0. The van der Waals surface area contributed by atoms with Gasteiger partial charge in [0.15, 0.2) is 0 Å². The molecule has 8 nitrogen and oxygen atoms in total. The number of benzene rings is 1. The van der Waals surface area contributed by atoms with Gasteiger partial charge in [-0.2, -0.15) is 0 Å². The molecule has 0 aromatic heterocycles. The number of carbonyl (C=O) groups is 3. The fourth-order valence-corrected chi connectivity index (χ4v) is 4.88. The highest BCUT2D eigenvalue weighted by molar-refractivity contribution is 5.89. The molecule has 4 atom stereocenters. The van der Waals surface area contributed by atoms with Gasteiger partial charge >= 0.3 is 11.9 Å². The number of likely N-dealkylation sites (tertiary alicyclic amines) is 1. The molecule has 1 spiro atoms. The molecule has 0 saturated carbocycles. The van der Waals surface area contributed by atoms with Gasteiger partial charge in [-0.05, 0) is 57.9 Å². The van der Waals surface area contributed by atoms with E-state index in [9.17, 15) is 19.5 Å². The molecule has 0 aliphatic carbocycles. The average molecular weight is 447 g/mol. The van der Waals surface area contributed by atoms with E-state index in [1.807, 2.05) is 30.3 Å². The van der Waals surface area contributed by atoms with Crippen LogP contribution in [0.4, 0.5) is 0 Å². The summed E-state index contributed by atoms with van der Waals surface area (Å²) in [6.45, 7) is 4.66. The lowest BCUT2D eigenvalue weighted by atomic mass is 9.89. The first kappa shape index (κ1) is 24.2. The summed E-state index contributed by atoms with van der Waals surface area (Å²) in [5.74, 6) is -1.72. The van der Waals surface area contributed by atoms with Gasteiger partial charge in [-0.3, -0.25) is 14.9 Å². The molecule has 2 saturated heterocycles. The normalized spacial score (nSPS) is 24.8. The van der Waals surface area contributed by atoms with E-state index < -0.39 is 35.6 Å². The molecule has 3 rings (SSSR count). The van der Waals surface area contributed by atoms with Crippen molar-refractivity contribution in [3.05, 3.63) is 35.9 Å². The van der Waals surface area contributed by atoms with Gasteiger partial charge in [0.1, 0.15) is 12.1 Å². The number of hydrogen-bond acceptors (Lipinski definition) is 6. The molecule has 2 fully saturated rings. The van der Waals surface area contributed by atoms with Gasteiger partial charge in [-0.25, -0.2) is 4.79 Å². The van der Waals surface area contributed by atoms with Crippen LogP contribution in [0.5, 0.6) is 0 Å². The van der Waals surface area contributed by atoms with Crippen LogP contribution in [-0.2, 0) is 30.3 Å². The zero-order valence-electron chi connectivity index (χ0n) is 18.9. The van der Waals surface area contributed by atoms with Crippen LogP contribution in [0.25, 0.3) is 0 Å². The number of ether oxygens (including phenoxy) is 2. The minimum absolute atomic E-state index is 0.248. The summed E-state index contributed by atoms with van der Waals surface area (Å²) in [5, 5.41) is 12.9. The number of aryl methyl sites for hydroxylation is 1. The number of hydrogen-bond donors (Lipinski definition) is 2. The molecule has 2 aliphatic rings. The van der Waals surface area contributed by atoms with E-state index in [2.05, 4.69) is 5.32 Å². The van der Waals surface area contributed by atoms with E-state index in [1.54, 1.807) is 13.8 Å². The lowest BCUT2D eigenvalue weighted by Crippen LogP contribution is -2.61. The summed E-state index contributed by atoms with van der Waals surface area (Å²) < 4.78 is 10.9. The van der Waals surface area contributed by atoms with Crippen molar-refractivity contribution in [2.45, 2.75) is 76.0 Å². The van der Waals surface area contributed by atoms with E-state index in [0.29, 0.717) is 38.9 Å². The van der Waals surface area contributed by atoms with Crippen molar-refractivity contribution in [3.63, 3.8) is 0 Å². The Morgan fingerprint density at radius 1 is 1.28 bits per heavy atom. The second kappa shape index (κ2) is 10.9. The van der Waals surface area contributed by atoms with Crippen LogP contribution in [0.1, 0.15) is 51.5 Å². The summed E-state index contributed by atoms with van der Waals surface area (Å²) in [4.78, 5) is 39.5. The molecule has 2 heterocycles. The Labute approximate surface area is 189 Å². The molecular formula is C24H34N2O6. The van der Waals surface area contributed by atoms with Crippen molar-refractivity contribution < 1.29 is 29.0 Å². The van der Waals surface area contributed by atoms with Crippen molar-refractivity contribution in [2.75, 3.05) is 19.8 Å². The van der Waals surface area contributed by atoms with E-state index in [-0.39, 0.29) is 12.5 Å². The molecule has 2 aliphatic heterocycles. The maximum Gasteiger partial charge on any atom is 0.326 e. The first-order chi connectivity index (χ1) is 15.4. The molecule has 1 aromatic carbocycles. The van der Waals surface area contributed by atoms with Crippen molar-refractivity contribution in [3.8, 4) is 0 Å². The van der Waals surface area contributed by atoms with Crippen LogP contribution in [0.2, 0.25) is 0 Å². The van der Waals surface area contributed by atoms with Gasteiger partial charge in [-0.1, -0.05) is 30.3 Å². The number of esters is 1. The van der Waals surface area contributed by atoms with Crippen LogP contribution in [-0.4, -0.2) is 71.3 Å². The van der Waals surface area contributed by atoms with E-state index in [4.69, 9.17) is 9.47 Å². The molecule has 32 heavy (non-hydrogen) atoms. The number of carboxylic acid groups (broad SMARTS) is 1. The third kappa shape index (κ3) is 5.48. The van der Waals surface area contributed by atoms with Gasteiger partial charge in [0.25, 0.3) is 0 Å². The standard InChI is InChI=1S/C24H34N2O6/c1-3-32-23(30)19(11-10-18-8-5-4-6-9-18)25-17(2)21(27)26-20(22(28)29)12-14-24(26)13-7-15-31-16-24/h4-6,8-9,17,19-20,25H,3,7,10-16H2,1-2H3,(H,28,29)/t17-,19?,20-,24?/m0/s1. The molecule has 176 valence electrons. The molecule has 1 amide bonds. The number of amides is 1. The lowest BCUT2D eigenvalue weighted by molar-refractivity contribution is -0.158. The van der Waals surface area contributed by atoms with Gasteiger partial charge in [0, 0.05) is 6.61 Å². The molecule has 0 radical (unpaired) electrons. The Morgan fingerprint density at radius 2 is 2.03 bits per heavy atom. The zero-order chi connectivity index (χ0) is 23.1. The van der Waals surface area contributed by atoms with Crippen molar-refractivity contribution in [1.29, 1.82) is 0 Å². The molecule has 1 aromatic rings. The molecule has 2 unspecified atom stereocenters. The van der Waals surface area contributed by atoms with Crippen molar-refractivity contribution in [2.24, 2.45) is 0 Å². The smallest absolute Gasteiger partial charge is 0.326 e. The van der Waals surface area contributed by atoms with E-state index in [0.717, 1.165) is 18.4 Å². The Morgan fingerprint density at radius 3 is 2.66 bits per heavy atom. The number of nitrogens with one attached hydrogen (secondary N) is 1. The highest BCUT2D eigenvalue weighted by atomic mass is 16.5. The third-order valence-electron chi connectivity index (χ3n) is 6.49. The first-order valence-electron chi connectivity index (χ1n) is 11.5. The lowest BCUT2D eigenvalue weighted by Gasteiger charge is -2.43. The second-order valence-corrected chi connectivity index (χ2v) is 8.70. The van der Waals surface area contributed by atoms with Gasteiger partial charge < -0.3 is 19.5 Å². The quantitative estimate of drug-likeness (QED) is 0.560. The topological polar surface area (TPSA) is 105 Å². The minimum atomic E-state index is -1.00. The predicted octanol–water partition coefficient (Wildman–Crippen LogP) is 2.15. The number of carboxylic acids is 1. The SMILES string of the molecule is CCOC(=O)C(CCc1ccccc1)N[C@@H](C)C(=O)N1[C@H](C(=O)O)CCC12CCCOC2. The summed E-state index contributed by atoms with van der Waals surface area (Å²) in [6.07, 6.45) is 3.66. The van der Waals surface area contributed by atoms with Crippen LogP contribution < -0.4 is 5.32 Å². The Bertz CT molecular complexity index is 793. The number of rotatable bonds is 9. The predicted molar refractivity (Wildman–Crippen MR) is 118 cm³/mol. The third-order valence-corrected chi connectivity index (χ3v) is 6.49. The van der Waals surface area contributed by atoms with Crippen LogP contribution in [0, 0.1) is 0 Å².